The summed E-state index contributed by atoms with van der Waals surface area (Å²) in [7, 11) is 0. The standard InChI is InChI=1S/C13H17NO2/c1-2-3-10-14(11-9-13(15)16)12-7-5-4-6-8-12/h2,4-8H,1,3,9-11H2,(H,15,16). The number of carbonyl (C=O) groups is 1. The molecule has 1 aromatic carbocycles. The lowest BCUT2D eigenvalue weighted by Crippen LogP contribution is -2.26. The molecule has 86 valence electrons. The molecule has 16 heavy (non-hydrogen) atoms. The summed E-state index contributed by atoms with van der Waals surface area (Å²) >= 11 is 0. The van der Waals surface area contributed by atoms with E-state index in [1.54, 1.807) is 0 Å². The number of carboxylic acid groups (broad SMARTS) is 1. The minimum atomic E-state index is -0.764. The van der Waals surface area contributed by atoms with Gasteiger partial charge in [-0.15, -0.1) is 6.58 Å². The first kappa shape index (κ1) is 12.3. The Bertz CT molecular complexity index is 335. The van der Waals surface area contributed by atoms with Gasteiger partial charge in [-0.3, -0.25) is 4.79 Å². The zero-order chi connectivity index (χ0) is 11.8. The third kappa shape index (κ3) is 4.17. The first-order valence-corrected chi connectivity index (χ1v) is 5.36. The topological polar surface area (TPSA) is 40.5 Å². The summed E-state index contributed by atoms with van der Waals surface area (Å²) in [6, 6.07) is 9.84. The van der Waals surface area contributed by atoms with E-state index >= 15 is 0 Å². The van der Waals surface area contributed by atoms with Gasteiger partial charge in [-0.05, 0) is 18.6 Å². The quantitative estimate of drug-likeness (QED) is 0.716. The molecule has 0 bridgehead atoms. The summed E-state index contributed by atoms with van der Waals surface area (Å²) < 4.78 is 0. The van der Waals surface area contributed by atoms with Crippen molar-refractivity contribution in [2.45, 2.75) is 12.8 Å². The molecule has 0 fully saturated rings. The number of rotatable bonds is 7. The van der Waals surface area contributed by atoms with E-state index in [0.717, 1.165) is 18.7 Å². The van der Waals surface area contributed by atoms with Crippen molar-refractivity contribution in [2.24, 2.45) is 0 Å². The molecule has 0 aliphatic heterocycles. The minimum absolute atomic E-state index is 0.159. The number of benzene rings is 1. The van der Waals surface area contributed by atoms with Crippen molar-refractivity contribution in [2.75, 3.05) is 18.0 Å². The van der Waals surface area contributed by atoms with Crippen molar-refractivity contribution in [3.05, 3.63) is 43.0 Å². The third-order valence-electron chi connectivity index (χ3n) is 2.32. The summed E-state index contributed by atoms with van der Waals surface area (Å²) in [5.41, 5.74) is 1.06. The van der Waals surface area contributed by atoms with Gasteiger partial charge >= 0.3 is 5.97 Å². The summed E-state index contributed by atoms with van der Waals surface area (Å²) in [5, 5.41) is 8.69. The van der Waals surface area contributed by atoms with Gasteiger partial charge in [0, 0.05) is 18.8 Å². The molecule has 3 heteroatoms. The maximum absolute atomic E-state index is 10.6. The summed E-state index contributed by atoms with van der Waals surface area (Å²) in [6.45, 7) is 5.02. The molecular weight excluding hydrogens is 202 g/mol. The number of para-hydroxylation sites is 1. The highest BCUT2D eigenvalue weighted by atomic mass is 16.4. The monoisotopic (exact) mass is 219 g/mol. The van der Waals surface area contributed by atoms with Crippen molar-refractivity contribution in [1.29, 1.82) is 0 Å². The molecule has 0 amide bonds. The van der Waals surface area contributed by atoms with Crippen molar-refractivity contribution >= 4 is 11.7 Å². The largest absolute Gasteiger partial charge is 0.481 e. The fourth-order valence-electron chi connectivity index (χ4n) is 1.49. The normalized spacial score (nSPS) is 9.75. The van der Waals surface area contributed by atoms with Gasteiger partial charge in [-0.1, -0.05) is 24.3 Å². The van der Waals surface area contributed by atoms with Crippen LogP contribution in [-0.4, -0.2) is 24.2 Å². The van der Waals surface area contributed by atoms with E-state index in [-0.39, 0.29) is 6.42 Å². The molecular formula is C13H17NO2. The van der Waals surface area contributed by atoms with E-state index in [1.165, 1.54) is 0 Å². The second-order valence-corrected chi connectivity index (χ2v) is 3.54. The Balaban J connectivity index is 2.63. The third-order valence-corrected chi connectivity index (χ3v) is 2.32. The van der Waals surface area contributed by atoms with Crippen LogP contribution in [0.1, 0.15) is 12.8 Å². The summed E-state index contributed by atoms with van der Waals surface area (Å²) in [6.07, 6.45) is 2.86. The second-order valence-electron chi connectivity index (χ2n) is 3.54. The van der Waals surface area contributed by atoms with Gasteiger partial charge in [-0.25, -0.2) is 0 Å². The fourth-order valence-corrected chi connectivity index (χ4v) is 1.49. The molecule has 0 spiro atoms. The zero-order valence-corrected chi connectivity index (χ0v) is 9.30. The maximum Gasteiger partial charge on any atom is 0.305 e. The Labute approximate surface area is 96.0 Å². The van der Waals surface area contributed by atoms with Crippen LogP contribution in [0.4, 0.5) is 5.69 Å². The predicted octanol–water partition coefficient (Wildman–Crippen LogP) is 2.54. The smallest absolute Gasteiger partial charge is 0.305 e. The van der Waals surface area contributed by atoms with Crippen LogP contribution in [0.25, 0.3) is 0 Å². The highest BCUT2D eigenvalue weighted by Crippen LogP contribution is 2.13. The van der Waals surface area contributed by atoms with Crippen LogP contribution in [0, 0.1) is 0 Å². The molecule has 0 heterocycles. The SMILES string of the molecule is C=CCCN(CCC(=O)O)c1ccccc1. The molecule has 0 unspecified atom stereocenters. The molecule has 1 N–H and O–H groups in total. The van der Waals surface area contributed by atoms with Crippen LogP contribution in [0.2, 0.25) is 0 Å². The summed E-state index contributed by atoms with van der Waals surface area (Å²) in [5.74, 6) is -0.764. The van der Waals surface area contributed by atoms with Crippen LogP contribution in [0.15, 0.2) is 43.0 Å². The molecule has 3 nitrogen and oxygen atoms in total. The van der Waals surface area contributed by atoms with Crippen LogP contribution >= 0.6 is 0 Å². The van der Waals surface area contributed by atoms with Gasteiger partial charge in [-0.2, -0.15) is 0 Å². The fraction of sp³-hybridized carbons (Fsp3) is 0.308. The molecule has 1 rings (SSSR count). The average Bonchev–Trinajstić information content (AvgIpc) is 2.30. The van der Waals surface area contributed by atoms with E-state index in [4.69, 9.17) is 5.11 Å². The number of carboxylic acids is 1. The van der Waals surface area contributed by atoms with Crippen molar-refractivity contribution in [3.8, 4) is 0 Å². The van der Waals surface area contributed by atoms with E-state index < -0.39 is 5.97 Å². The first-order valence-electron chi connectivity index (χ1n) is 5.36. The Hall–Kier alpha value is -1.77. The average molecular weight is 219 g/mol. The molecule has 0 atom stereocenters. The Kier molecular flexibility index (Phi) is 5.12. The lowest BCUT2D eigenvalue weighted by Gasteiger charge is -2.23. The first-order chi connectivity index (χ1) is 7.74. The molecule has 0 radical (unpaired) electrons. The predicted molar refractivity (Wildman–Crippen MR) is 65.7 cm³/mol. The lowest BCUT2D eigenvalue weighted by molar-refractivity contribution is -0.136. The zero-order valence-electron chi connectivity index (χ0n) is 9.30. The van der Waals surface area contributed by atoms with Crippen LogP contribution in [-0.2, 0) is 4.79 Å². The Morgan fingerprint density at radius 3 is 2.56 bits per heavy atom. The molecule has 0 aliphatic rings. The second kappa shape index (κ2) is 6.67. The van der Waals surface area contributed by atoms with E-state index in [9.17, 15) is 4.79 Å². The molecule has 0 saturated heterocycles. The molecule has 0 aromatic heterocycles. The van der Waals surface area contributed by atoms with Gasteiger partial charge in [0.05, 0.1) is 6.42 Å². The minimum Gasteiger partial charge on any atom is -0.481 e. The summed E-state index contributed by atoms with van der Waals surface area (Å²) in [4.78, 5) is 12.6. The number of hydrogen-bond donors (Lipinski definition) is 1. The lowest BCUT2D eigenvalue weighted by atomic mass is 10.2. The van der Waals surface area contributed by atoms with Gasteiger partial charge in [0.25, 0.3) is 0 Å². The van der Waals surface area contributed by atoms with Crippen molar-refractivity contribution < 1.29 is 9.90 Å². The maximum atomic E-state index is 10.6. The molecule has 0 aliphatic carbocycles. The van der Waals surface area contributed by atoms with Gasteiger partial charge in [0.1, 0.15) is 0 Å². The number of nitrogens with zero attached hydrogens (tertiary/aromatic N) is 1. The van der Waals surface area contributed by atoms with E-state index in [2.05, 4.69) is 11.5 Å². The number of anilines is 1. The van der Waals surface area contributed by atoms with Gasteiger partial charge in [0.15, 0.2) is 0 Å². The van der Waals surface area contributed by atoms with Crippen LogP contribution in [0.3, 0.4) is 0 Å². The van der Waals surface area contributed by atoms with Crippen LogP contribution < -0.4 is 4.90 Å². The van der Waals surface area contributed by atoms with Crippen molar-refractivity contribution in [3.63, 3.8) is 0 Å². The van der Waals surface area contributed by atoms with Gasteiger partial charge in [0.2, 0.25) is 0 Å². The number of hydrogen-bond acceptors (Lipinski definition) is 2. The highest BCUT2D eigenvalue weighted by molar-refractivity contribution is 5.67. The Morgan fingerprint density at radius 2 is 2.00 bits per heavy atom. The molecule has 0 saturated carbocycles. The Morgan fingerprint density at radius 1 is 1.31 bits per heavy atom. The van der Waals surface area contributed by atoms with Crippen LogP contribution in [0.5, 0.6) is 0 Å². The van der Waals surface area contributed by atoms with Crippen molar-refractivity contribution in [1.82, 2.24) is 0 Å². The van der Waals surface area contributed by atoms with E-state index in [0.29, 0.717) is 6.54 Å². The molecule has 1 aromatic rings. The highest BCUT2D eigenvalue weighted by Gasteiger charge is 2.07. The number of aliphatic carboxylic acids is 1. The van der Waals surface area contributed by atoms with E-state index in [1.807, 2.05) is 36.4 Å². The van der Waals surface area contributed by atoms with Gasteiger partial charge < -0.3 is 10.0 Å².